The molecular weight excluding hydrogens is 505 g/mol. The van der Waals surface area contributed by atoms with E-state index < -0.39 is 26.5 Å². The molecule has 0 saturated heterocycles. The fourth-order valence-electron chi connectivity index (χ4n) is 3.84. The fraction of sp³-hybridized carbons (Fsp3) is 0.0345. The Hall–Kier alpha value is -4.76. The van der Waals surface area contributed by atoms with Crippen LogP contribution < -0.4 is 5.32 Å². The topological polar surface area (TPSA) is 94.2 Å². The first-order valence-electron chi connectivity index (χ1n) is 11.7. The van der Waals surface area contributed by atoms with Gasteiger partial charge >= 0.3 is 0 Å². The highest BCUT2D eigenvalue weighted by molar-refractivity contribution is 7.96. The van der Waals surface area contributed by atoms with Gasteiger partial charge in [0.1, 0.15) is 16.5 Å². The molecule has 0 fully saturated rings. The lowest BCUT2D eigenvalue weighted by molar-refractivity contribution is -0.117. The standard InChI is InChI=1S/C29H22FN3O4S/c30-23-15-13-21(14-16-23)28-22(20-33(32-28)24-8-3-1-4-9-24)18-27(29(34)31-19-25-10-7-17-37-25)38(35,36)26-11-5-2-6-12-26/h1-18,20H,19H2,(H,31,34). The summed E-state index contributed by atoms with van der Waals surface area (Å²) in [6, 6.07) is 26.0. The van der Waals surface area contributed by atoms with Gasteiger partial charge in [-0.15, -0.1) is 0 Å². The van der Waals surface area contributed by atoms with Crippen molar-refractivity contribution in [3.05, 3.63) is 132 Å². The van der Waals surface area contributed by atoms with Crippen LogP contribution in [0.25, 0.3) is 23.0 Å². The zero-order valence-corrected chi connectivity index (χ0v) is 20.8. The van der Waals surface area contributed by atoms with E-state index in [0.29, 0.717) is 22.6 Å². The van der Waals surface area contributed by atoms with Crippen LogP contribution in [-0.2, 0) is 21.2 Å². The molecule has 0 bridgehead atoms. The Balaban J connectivity index is 1.65. The molecule has 1 amide bonds. The first-order valence-corrected chi connectivity index (χ1v) is 13.1. The molecule has 0 unspecified atom stereocenters. The van der Waals surface area contributed by atoms with Crippen LogP contribution in [0.2, 0.25) is 0 Å². The minimum Gasteiger partial charge on any atom is -0.467 e. The van der Waals surface area contributed by atoms with Crippen molar-refractivity contribution in [1.82, 2.24) is 15.1 Å². The number of amides is 1. The lowest BCUT2D eigenvalue weighted by Crippen LogP contribution is -2.28. The second-order valence-corrected chi connectivity index (χ2v) is 10.2. The maximum absolute atomic E-state index is 13.7. The van der Waals surface area contributed by atoms with Gasteiger partial charge in [-0.2, -0.15) is 5.10 Å². The molecule has 5 aromatic rings. The van der Waals surface area contributed by atoms with E-state index in [1.807, 2.05) is 30.3 Å². The van der Waals surface area contributed by atoms with Crippen LogP contribution in [0.5, 0.6) is 0 Å². The summed E-state index contributed by atoms with van der Waals surface area (Å²) < 4.78 is 47.9. The average molecular weight is 528 g/mol. The van der Waals surface area contributed by atoms with E-state index in [4.69, 9.17) is 4.42 Å². The number of aromatic nitrogens is 2. The van der Waals surface area contributed by atoms with E-state index >= 15 is 0 Å². The zero-order chi connectivity index (χ0) is 26.5. The van der Waals surface area contributed by atoms with Gasteiger partial charge in [0.15, 0.2) is 0 Å². The number of furan rings is 1. The monoisotopic (exact) mass is 527 g/mol. The fourth-order valence-corrected chi connectivity index (χ4v) is 5.21. The molecule has 0 saturated carbocycles. The van der Waals surface area contributed by atoms with E-state index in [1.54, 1.807) is 53.3 Å². The lowest BCUT2D eigenvalue weighted by atomic mass is 10.1. The van der Waals surface area contributed by atoms with Crippen molar-refractivity contribution in [2.24, 2.45) is 0 Å². The van der Waals surface area contributed by atoms with E-state index in [9.17, 15) is 17.6 Å². The Bertz CT molecular complexity index is 1680. The maximum atomic E-state index is 13.7. The highest BCUT2D eigenvalue weighted by Crippen LogP contribution is 2.29. The van der Waals surface area contributed by atoms with Crippen LogP contribution in [0.1, 0.15) is 11.3 Å². The number of sulfone groups is 1. The van der Waals surface area contributed by atoms with Gasteiger partial charge in [0.25, 0.3) is 5.91 Å². The van der Waals surface area contributed by atoms with Gasteiger partial charge < -0.3 is 9.73 Å². The quantitative estimate of drug-likeness (QED) is 0.273. The largest absolute Gasteiger partial charge is 0.467 e. The normalized spacial score (nSPS) is 11.9. The molecule has 1 N–H and O–H groups in total. The number of halogens is 1. The average Bonchev–Trinajstić information content (AvgIpc) is 3.62. The number of hydrogen-bond acceptors (Lipinski definition) is 5. The molecule has 0 radical (unpaired) electrons. The Kier molecular flexibility index (Phi) is 7.01. The van der Waals surface area contributed by atoms with Crippen molar-refractivity contribution < 1.29 is 22.0 Å². The summed E-state index contributed by atoms with van der Waals surface area (Å²) in [4.78, 5) is 12.9. The number of carbonyl (C=O) groups is 1. The van der Waals surface area contributed by atoms with Crippen LogP contribution in [0.4, 0.5) is 4.39 Å². The van der Waals surface area contributed by atoms with Gasteiger partial charge in [-0.25, -0.2) is 17.5 Å². The zero-order valence-electron chi connectivity index (χ0n) is 20.0. The summed E-state index contributed by atoms with van der Waals surface area (Å²) in [7, 11) is -4.23. The molecule has 0 aliphatic carbocycles. The van der Waals surface area contributed by atoms with Crippen LogP contribution in [0.3, 0.4) is 0 Å². The molecule has 5 rings (SSSR count). The number of para-hydroxylation sites is 1. The SMILES string of the molecule is O=C(NCc1ccco1)C(=Cc1cn(-c2ccccc2)nc1-c1ccc(F)cc1)S(=O)(=O)c1ccccc1. The number of hydrogen-bond donors (Lipinski definition) is 1. The van der Waals surface area contributed by atoms with Gasteiger partial charge in [-0.3, -0.25) is 4.79 Å². The Labute approximate surface area is 218 Å². The molecule has 190 valence electrons. The summed E-state index contributed by atoms with van der Waals surface area (Å²) in [5.41, 5.74) is 2.03. The first kappa shape index (κ1) is 24.9. The Morgan fingerprint density at radius 1 is 0.921 bits per heavy atom. The van der Waals surface area contributed by atoms with Gasteiger partial charge in [0.05, 0.1) is 29.1 Å². The highest BCUT2D eigenvalue weighted by Gasteiger charge is 2.28. The molecule has 0 aliphatic rings. The molecule has 2 heterocycles. The molecule has 0 spiro atoms. The van der Waals surface area contributed by atoms with Gasteiger partial charge in [0, 0.05) is 17.3 Å². The number of benzene rings is 3. The van der Waals surface area contributed by atoms with Crippen molar-refractivity contribution in [2.75, 3.05) is 0 Å². The Morgan fingerprint density at radius 2 is 1.61 bits per heavy atom. The Morgan fingerprint density at radius 3 is 2.26 bits per heavy atom. The van der Waals surface area contributed by atoms with E-state index in [2.05, 4.69) is 10.4 Å². The molecule has 38 heavy (non-hydrogen) atoms. The van der Waals surface area contributed by atoms with Gasteiger partial charge in [-0.05, 0) is 66.7 Å². The van der Waals surface area contributed by atoms with Gasteiger partial charge in [-0.1, -0.05) is 36.4 Å². The third-order valence-corrected chi connectivity index (χ3v) is 7.51. The maximum Gasteiger partial charge on any atom is 0.263 e. The third kappa shape index (κ3) is 5.33. The second kappa shape index (κ2) is 10.7. The van der Waals surface area contributed by atoms with E-state index in [0.717, 1.165) is 5.69 Å². The summed E-state index contributed by atoms with van der Waals surface area (Å²) in [6.07, 6.45) is 4.39. The van der Waals surface area contributed by atoms with Crippen molar-refractivity contribution in [3.8, 4) is 16.9 Å². The minimum atomic E-state index is -4.23. The summed E-state index contributed by atoms with van der Waals surface area (Å²) in [5, 5.41) is 7.27. The van der Waals surface area contributed by atoms with Crippen molar-refractivity contribution in [2.45, 2.75) is 11.4 Å². The van der Waals surface area contributed by atoms with Crippen LogP contribution in [0.15, 0.2) is 124 Å². The van der Waals surface area contributed by atoms with E-state index in [-0.39, 0.29) is 11.4 Å². The predicted molar refractivity (Wildman–Crippen MR) is 141 cm³/mol. The van der Waals surface area contributed by atoms with Crippen LogP contribution in [0, 0.1) is 5.82 Å². The molecule has 0 aliphatic heterocycles. The van der Waals surface area contributed by atoms with Crippen LogP contribution >= 0.6 is 0 Å². The molecular formula is C29H22FN3O4S. The molecule has 9 heteroatoms. The summed E-state index contributed by atoms with van der Waals surface area (Å²) >= 11 is 0. The molecule has 7 nitrogen and oxygen atoms in total. The molecule has 0 atom stereocenters. The minimum absolute atomic E-state index is 0.00157. The number of rotatable bonds is 8. The van der Waals surface area contributed by atoms with Crippen molar-refractivity contribution in [1.29, 1.82) is 0 Å². The van der Waals surface area contributed by atoms with Crippen molar-refractivity contribution >= 4 is 21.8 Å². The predicted octanol–water partition coefficient (Wildman–Crippen LogP) is 5.40. The highest BCUT2D eigenvalue weighted by atomic mass is 32.2. The van der Waals surface area contributed by atoms with Crippen molar-refractivity contribution in [3.63, 3.8) is 0 Å². The van der Waals surface area contributed by atoms with Gasteiger partial charge in [0.2, 0.25) is 9.84 Å². The first-order chi connectivity index (χ1) is 18.4. The smallest absolute Gasteiger partial charge is 0.263 e. The lowest BCUT2D eigenvalue weighted by Gasteiger charge is -2.10. The second-order valence-electron chi connectivity index (χ2n) is 8.31. The molecule has 3 aromatic carbocycles. The van der Waals surface area contributed by atoms with E-state index in [1.165, 1.54) is 36.6 Å². The summed E-state index contributed by atoms with van der Waals surface area (Å²) in [6.45, 7) is 0.00157. The number of nitrogens with zero attached hydrogens (tertiary/aromatic N) is 2. The number of nitrogens with one attached hydrogen (secondary N) is 1. The number of carbonyl (C=O) groups excluding carboxylic acids is 1. The summed E-state index contributed by atoms with van der Waals surface area (Å²) in [5.74, 6) is -0.750. The molecule has 2 aromatic heterocycles. The third-order valence-electron chi connectivity index (χ3n) is 5.74. The van der Waals surface area contributed by atoms with Crippen LogP contribution in [-0.4, -0.2) is 24.1 Å².